The van der Waals surface area contributed by atoms with E-state index >= 15 is 0 Å². The summed E-state index contributed by atoms with van der Waals surface area (Å²) >= 11 is 1.48. The van der Waals surface area contributed by atoms with Gasteiger partial charge in [-0.15, -0.1) is 11.3 Å². The standard InChI is InChI=1S/C17H20N2O3S/c1-10-5-6-12-13(8-18)16(23-14(12)7-10)19-15(20)9-22-17(21)11-3-2-4-11/h10-11H,2-7,9H2,1H3,(H,19,20)/t10-/m0/s1. The highest BCUT2D eigenvalue weighted by Crippen LogP contribution is 2.39. The number of esters is 1. The van der Waals surface area contributed by atoms with Gasteiger partial charge in [0, 0.05) is 4.88 Å². The number of rotatable bonds is 4. The van der Waals surface area contributed by atoms with Gasteiger partial charge in [0.15, 0.2) is 6.61 Å². The van der Waals surface area contributed by atoms with Gasteiger partial charge in [-0.05, 0) is 43.6 Å². The molecule has 0 aliphatic heterocycles. The molecule has 2 aliphatic rings. The van der Waals surface area contributed by atoms with Crippen LogP contribution in [0.1, 0.15) is 48.6 Å². The molecule has 0 bridgehead atoms. The summed E-state index contributed by atoms with van der Waals surface area (Å²) in [5, 5.41) is 12.7. The Balaban J connectivity index is 1.62. The lowest BCUT2D eigenvalue weighted by Gasteiger charge is -2.22. The van der Waals surface area contributed by atoms with Crippen LogP contribution in [0.15, 0.2) is 0 Å². The highest BCUT2D eigenvalue weighted by molar-refractivity contribution is 7.16. The number of ether oxygens (including phenoxy) is 1. The molecule has 0 spiro atoms. The van der Waals surface area contributed by atoms with Gasteiger partial charge in [-0.1, -0.05) is 13.3 Å². The monoisotopic (exact) mass is 332 g/mol. The summed E-state index contributed by atoms with van der Waals surface area (Å²) in [5.74, 6) is -0.0836. The number of amides is 1. The Morgan fingerprint density at radius 1 is 1.39 bits per heavy atom. The molecular weight excluding hydrogens is 312 g/mol. The number of nitriles is 1. The molecule has 122 valence electrons. The summed E-state index contributed by atoms with van der Waals surface area (Å²) < 4.78 is 5.04. The maximum atomic E-state index is 12.0. The molecule has 6 heteroatoms. The third kappa shape index (κ3) is 3.40. The second-order valence-corrected chi connectivity index (χ2v) is 7.56. The summed E-state index contributed by atoms with van der Waals surface area (Å²) in [7, 11) is 0. The molecule has 0 saturated heterocycles. The SMILES string of the molecule is C[C@H]1CCc2c(sc(NC(=O)COC(=O)C3CCC3)c2C#N)C1. The Hall–Kier alpha value is -1.87. The van der Waals surface area contributed by atoms with Crippen molar-refractivity contribution in [3.63, 3.8) is 0 Å². The Morgan fingerprint density at radius 2 is 2.17 bits per heavy atom. The van der Waals surface area contributed by atoms with Crippen LogP contribution < -0.4 is 5.32 Å². The van der Waals surface area contributed by atoms with Crippen LogP contribution in [-0.4, -0.2) is 18.5 Å². The Bertz CT molecular complexity index is 670. The zero-order chi connectivity index (χ0) is 16.4. The first-order valence-corrected chi connectivity index (χ1v) is 8.91. The predicted molar refractivity (Wildman–Crippen MR) is 87.2 cm³/mol. The van der Waals surface area contributed by atoms with Gasteiger partial charge in [0.25, 0.3) is 5.91 Å². The summed E-state index contributed by atoms with van der Waals surface area (Å²) in [4.78, 5) is 24.8. The van der Waals surface area contributed by atoms with E-state index in [-0.39, 0.29) is 24.4 Å². The number of thiophene rings is 1. The van der Waals surface area contributed by atoms with E-state index in [1.807, 2.05) is 0 Å². The zero-order valence-electron chi connectivity index (χ0n) is 13.2. The average Bonchev–Trinajstić information content (AvgIpc) is 2.79. The lowest BCUT2D eigenvalue weighted by atomic mass is 9.86. The first kappa shape index (κ1) is 16.0. The fourth-order valence-electron chi connectivity index (χ4n) is 3.02. The number of hydrogen-bond acceptors (Lipinski definition) is 5. The number of nitrogens with zero attached hydrogens (tertiary/aromatic N) is 1. The average molecular weight is 332 g/mol. The van der Waals surface area contributed by atoms with Gasteiger partial charge in [0.2, 0.25) is 0 Å². The van der Waals surface area contributed by atoms with Crippen molar-refractivity contribution in [3.05, 3.63) is 16.0 Å². The van der Waals surface area contributed by atoms with Gasteiger partial charge in [-0.25, -0.2) is 0 Å². The van der Waals surface area contributed by atoms with Crippen molar-refractivity contribution in [3.8, 4) is 6.07 Å². The molecule has 1 heterocycles. The lowest BCUT2D eigenvalue weighted by molar-refractivity contribution is -0.154. The van der Waals surface area contributed by atoms with Crippen molar-refractivity contribution in [2.75, 3.05) is 11.9 Å². The van der Waals surface area contributed by atoms with Gasteiger partial charge in [0.1, 0.15) is 11.1 Å². The first-order chi connectivity index (χ1) is 11.1. The topological polar surface area (TPSA) is 79.2 Å². The third-order valence-corrected chi connectivity index (χ3v) is 5.83. The summed E-state index contributed by atoms with van der Waals surface area (Å²) in [6.45, 7) is 1.92. The van der Waals surface area contributed by atoms with Crippen LogP contribution in [0.2, 0.25) is 0 Å². The van der Waals surface area contributed by atoms with Crippen molar-refractivity contribution in [1.82, 2.24) is 0 Å². The van der Waals surface area contributed by atoms with Gasteiger partial charge in [0.05, 0.1) is 11.5 Å². The van der Waals surface area contributed by atoms with Crippen molar-refractivity contribution >= 4 is 28.2 Å². The molecule has 1 fully saturated rings. The van der Waals surface area contributed by atoms with E-state index in [2.05, 4.69) is 18.3 Å². The van der Waals surface area contributed by atoms with E-state index in [1.54, 1.807) is 0 Å². The van der Waals surface area contributed by atoms with Crippen LogP contribution in [0.3, 0.4) is 0 Å². The van der Waals surface area contributed by atoms with Crippen molar-refractivity contribution < 1.29 is 14.3 Å². The minimum absolute atomic E-state index is 0.0343. The number of hydrogen-bond donors (Lipinski definition) is 1. The van der Waals surface area contributed by atoms with Crippen LogP contribution in [0, 0.1) is 23.2 Å². The van der Waals surface area contributed by atoms with E-state index in [0.717, 1.165) is 44.1 Å². The molecule has 23 heavy (non-hydrogen) atoms. The van der Waals surface area contributed by atoms with Crippen molar-refractivity contribution in [1.29, 1.82) is 5.26 Å². The van der Waals surface area contributed by atoms with Crippen molar-refractivity contribution in [2.24, 2.45) is 11.8 Å². The maximum Gasteiger partial charge on any atom is 0.309 e. The first-order valence-electron chi connectivity index (χ1n) is 8.09. The summed E-state index contributed by atoms with van der Waals surface area (Å²) in [6, 6.07) is 2.21. The molecule has 5 nitrogen and oxygen atoms in total. The predicted octanol–water partition coefficient (Wildman–Crippen LogP) is 3.03. The summed E-state index contributed by atoms with van der Waals surface area (Å²) in [6.07, 6.45) is 5.69. The number of fused-ring (bicyclic) bond motifs is 1. The molecule has 1 aromatic heterocycles. The number of carbonyl (C=O) groups is 2. The van der Waals surface area contributed by atoms with E-state index in [1.165, 1.54) is 16.2 Å². The smallest absolute Gasteiger partial charge is 0.309 e. The molecule has 1 atom stereocenters. The molecule has 1 amide bonds. The molecule has 3 rings (SSSR count). The molecule has 2 aliphatic carbocycles. The molecular formula is C17H20N2O3S. The molecule has 0 unspecified atom stereocenters. The van der Waals surface area contributed by atoms with E-state index in [0.29, 0.717) is 16.5 Å². The molecule has 0 aromatic carbocycles. The van der Waals surface area contributed by atoms with Crippen LogP contribution >= 0.6 is 11.3 Å². The van der Waals surface area contributed by atoms with Gasteiger partial charge in [-0.2, -0.15) is 5.26 Å². The van der Waals surface area contributed by atoms with Crippen LogP contribution in [-0.2, 0) is 27.2 Å². The Labute approximate surface area is 139 Å². The second kappa shape index (κ2) is 6.71. The van der Waals surface area contributed by atoms with Crippen LogP contribution in [0.4, 0.5) is 5.00 Å². The molecule has 0 radical (unpaired) electrons. The van der Waals surface area contributed by atoms with Gasteiger partial charge >= 0.3 is 5.97 Å². The quantitative estimate of drug-likeness (QED) is 0.860. The van der Waals surface area contributed by atoms with E-state index < -0.39 is 0 Å². The second-order valence-electron chi connectivity index (χ2n) is 6.45. The molecule has 1 aromatic rings. The van der Waals surface area contributed by atoms with E-state index in [9.17, 15) is 14.9 Å². The summed E-state index contributed by atoms with van der Waals surface area (Å²) in [5.41, 5.74) is 1.66. The minimum atomic E-state index is -0.374. The highest BCUT2D eigenvalue weighted by atomic mass is 32.1. The minimum Gasteiger partial charge on any atom is -0.455 e. The Kier molecular flexibility index (Phi) is 4.67. The number of anilines is 1. The maximum absolute atomic E-state index is 12.0. The highest BCUT2D eigenvalue weighted by Gasteiger charge is 2.28. The zero-order valence-corrected chi connectivity index (χ0v) is 14.0. The number of nitrogens with one attached hydrogen (secondary N) is 1. The lowest BCUT2D eigenvalue weighted by Crippen LogP contribution is -2.28. The largest absolute Gasteiger partial charge is 0.455 e. The third-order valence-electron chi connectivity index (χ3n) is 4.66. The van der Waals surface area contributed by atoms with Crippen LogP contribution in [0.5, 0.6) is 0 Å². The molecule has 1 saturated carbocycles. The van der Waals surface area contributed by atoms with Crippen LogP contribution in [0.25, 0.3) is 0 Å². The van der Waals surface area contributed by atoms with Crippen molar-refractivity contribution in [2.45, 2.75) is 45.4 Å². The normalized spacial score (nSPS) is 20.1. The van der Waals surface area contributed by atoms with Gasteiger partial charge in [-0.3, -0.25) is 9.59 Å². The Morgan fingerprint density at radius 3 is 2.83 bits per heavy atom. The molecule has 1 N–H and O–H groups in total. The number of carbonyl (C=O) groups excluding carboxylic acids is 2. The van der Waals surface area contributed by atoms with E-state index in [4.69, 9.17) is 4.74 Å². The van der Waals surface area contributed by atoms with Gasteiger partial charge < -0.3 is 10.1 Å². The fraction of sp³-hybridized carbons (Fsp3) is 0.588. The fourth-order valence-corrected chi connectivity index (χ4v) is 4.40.